The van der Waals surface area contributed by atoms with Crippen LogP contribution in [0.4, 0.5) is 0 Å². The van der Waals surface area contributed by atoms with E-state index < -0.39 is 15.9 Å². The fourth-order valence-electron chi connectivity index (χ4n) is 0.899. The van der Waals surface area contributed by atoms with Gasteiger partial charge in [0.1, 0.15) is 0 Å². The van der Waals surface area contributed by atoms with Crippen molar-refractivity contribution in [3.05, 3.63) is 12.2 Å². The molecule has 0 N–H and O–H groups in total. The molecule has 1 heterocycles. The summed E-state index contributed by atoms with van der Waals surface area (Å²) in [4.78, 5) is 10.9. The molecular formula is C6H9NO3S. The lowest BCUT2D eigenvalue weighted by molar-refractivity contribution is -0.121. The van der Waals surface area contributed by atoms with Crippen molar-refractivity contribution in [2.75, 3.05) is 12.8 Å². The molecule has 0 saturated heterocycles. The van der Waals surface area contributed by atoms with Gasteiger partial charge in [-0.1, -0.05) is 6.08 Å². The number of rotatable bonds is 1. The Balaban J connectivity index is 2.91. The molecule has 0 spiro atoms. The molecule has 0 fully saturated rings. The quantitative estimate of drug-likeness (QED) is 0.551. The van der Waals surface area contributed by atoms with Crippen molar-refractivity contribution in [3.63, 3.8) is 0 Å². The molecule has 0 aromatic carbocycles. The minimum atomic E-state index is -3.34. The van der Waals surface area contributed by atoms with Crippen LogP contribution in [0.1, 0.15) is 6.42 Å². The largest absolute Gasteiger partial charge is 0.269 e. The van der Waals surface area contributed by atoms with Gasteiger partial charge in [0.25, 0.3) is 5.91 Å². The Morgan fingerprint density at radius 1 is 1.55 bits per heavy atom. The zero-order valence-electron chi connectivity index (χ0n) is 6.15. The standard InChI is InChI=1S/C6H9NO3S/c1-11(9,10)7-5-3-2-4-6(7)8/h2,4H,3,5H2,1H3. The van der Waals surface area contributed by atoms with E-state index in [0.717, 1.165) is 10.6 Å². The van der Waals surface area contributed by atoms with Crippen molar-refractivity contribution in [2.24, 2.45) is 0 Å². The third kappa shape index (κ3) is 1.80. The number of carbonyl (C=O) groups excluding carboxylic acids is 1. The summed E-state index contributed by atoms with van der Waals surface area (Å²) in [6.45, 7) is 0.272. The molecule has 0 unspecified atom stereocenters. The molecule has 0 radical (unpaired) electrons. The monoisotopic (exact) mass is 175 g/mol. The van der Waals surface area contributed by atoms with E-state index in [2.05, 4.69) is 0 Å². The Kier molecular flexibility index (Phi) is 1.99. The zero-order valence-corrected chi connectivity index (χ0v) is 6.97. The molecule has 1 rings (SSSR count). The summed E-state index contributed by atoms with van der Waals surface area (Å²) in [7, 11) is -3.34. The third-order valence-corrected chi connectivity index (χ3v) is 2.57. The molecule has 1 aliphatic rings. The summed E-state index contributed by atoms with van der Waals surface area (Å²) in [6.07, 6.45) is 4.59. The lowest BCUT2D eigenvalue weighted by atomic mass is 10.3. The number of sulfonamides is 1. The minimum Gasteiger partial charge on any atom is -0.269 e. The Morgan fingerprint density at radius 2 is 2.18 bits per heavy atom. The molecule has 1 aliphatic heterocycles. The number of amides is 1. The van der Waals surface area contributed by atoms with Gasteiger partial charge in [0.2, 0.25) is 10.0 Å². The van der Waals surface area contributed by atoms with Crippen molar-refractivity contribution in [2.45, 2.75) is 6.42 Å². The number of carbonyl (C=O) groups is 1. The van der Waals surface area contributed by atoms with E-state index in [0.29, 0.717) is 6.42 Å². The molecule has 1 amide bonds. The smallest absolute Gasteiger partial charge is 0.259 e. The van der Waals surface area contributed by atoms with Crippen LogP contribution in [-0.2, 0) is 14.8 Å². The first kappa shape index (κ1) is 8.26. The fraction of sp³-hybridized carbons (Fsp3) is 0.500. The number of hydrogen-bond acceptors (Lipinski definition) is 3. The van der Waals surface area contributed by atoms with Crippen molar-refractivity contribution >= 4 is 15.9 Å². The molecular weight excluding hydrogens is 166 g/mol. The third-order valence-electron chi connectivity index (χ3n) is 1.41. The van der Waals surface area contributed by atoms with Crippen LogP contribution in [0, 0.1) is 0 Å². The molecule has 4 nitrogen and oxygen atoms in total. The van der Waals surface area contributed by atoms with Crippen LogP contribution in [0.15, 0.2) is 12.2 Å². The predicted octanol–water partition coefficient (Wildman–Crippen LogP) is -0.265. The number of nitrogens with zero attached hydrogens (tertiary/aromatic N) is 1. The van der Waals surface area contributed by atoms with Gasteiger partial charge in [0.15, 0.2) is 0 Å². The van der Waals surface area contributed by atoms with Gasteiger partial charge in [0, 0.05) is 12.6 Å². The van der Waals surface area contributed by atoms with E-state index in [9.17, 15) is 13.2 Å². The Bertz CT molecular complexity index is 291. The summed E-state index contributed by atoms with van der Waals surface area (Å²) in [5.41, 5.74) is 0. The molecule has 0 aliphatic carbocycles. The van der Waals surface area contributed by atoms with E-state index >= 15 is 0 Å². The summed E-state index contributed by atoms with van der Waals surface area (Å²) in [6, 6.07) is 0. The van der Waals surface area contributed by atoms with E-state index in [4.69, 9.17) is 0 Å². The van der Waals surface area contributed by atoms with Crippen LogP contribution < -0.4 is 0 Å². The predicted molar refractivity (Wildman–Crippen MR) is 40.3 cm³/mol. The molecule has 0 bridgehead atoms. The Hall–Kier alpha value is -0.840. The Labute approximate surface area is 65.6 Å². The maximum absolute atomic E-state index is 10.9. The van der Waals surface area contributed by atoms with E-state index in [1.54, 1.807) is 6.08 Å². The molecule has 0 saturated carbocycles. The van der Waals surface area contributed by atoms with Crippen molar-refractivity contribution in [3.8, 4) is 0 Å². The first-order chi connectivity index (χ1) is 5.02. The highest BCUT2D eigenvalue weighted by Crippen LogP contribution is 2.06. The topological polar surface area (TPSA) is 54.5 Å². The van der Waals surface area contributed by atoms with Crippen LogP contribution in [0.25, 0.3) is 0 Å². The van der Waals surface area contributed by atoms with Gasteiger partial charge < -0.3 is 0 Å². The SMILES string of the molecule is CS(=O)(=O)N1CCC=CC1=O. The van der Waals surface area contributed by atoms with Crippen LogP contribution >= 0.6 is 0 Å². The Morgan fingerprint density at radius 3 is 2.55 bits per heavy atom. The van der Waals surface area contributed by atoms with E-state index in [-0.39, 0.29) is 6.54 Å². The van der Waals surface area contributed by atoms with Gasteiger partial charge in [0.05, 0.1) is 6.26 Å². The summed E-state index contributed by atoms with van der Waals surface area (Å²) in [5.74, 6) is -0.446. The van der Waals surface area contributed by atoms with Gasteiger partial charge >= 0.3 is 0 Å². The fourth-order valence-corrected chi connectivity index (χ4v) is 1.72. The van der Waals surface area contributed by atoms with Crippen LogP contribution in [0.3, 0.4) is 0 Å². The molecule has 5 heteroatoms. The first-order valence-corrected chi connectivity index (χ1v) is 5.05. The van der Waals surface area contributed by atoms with Gasteiger partial charge in [-0.3, -0.25) is 4.79 Å². The van der Waals surface area contributed by atoms with Gasteiger partial charge in [-0.15, -0.1) is 0 Å². The van der Waals surface area contributed by atoms with Crippen molar-refractivity contribution in [1.82, 2.24) is 4.31 Å². The molecule has 0 aromatic heterocycles. The highest BCUT2D eigenvalue weighted by atomic mass is 32.2. The molecule has 62 valence electrons. The second-order valence-electron chi connectivity index (χ2n) is 2.36. The van der Waals surface area contributed by atoms with Crippen LogP contribution in [0.5, 0.6) is 0 Å². The summed E-state index contributed by atoms with van der Waals surface area (Å²) >= 11 is 0. The highest BCUT2D eigenvalue weighted by molar-refractivity contribution is 7.88. The lowest BCUT2D eigenvalue weighted by Gasteiger charge is -2.20. The molecule has 11 heavy (non-hydrogen) atoms. The van der Waals surface area contributed by atoms with Gasteiger partial charge in [-0.05, 0) is 6.42 Å². The normalized spacial score (nSPS) is 19.0. The van der Waals surface area contributed by atoms with Crippen molar-refractivity contribution < 1.29 is 13.2 Å². The van der Waals surface area contributed by atoms with Crippen molar-refractivity contribution in [1.29, 1.82) is 0 Å². The maximum Gasteiger partial charge on any atom is 0.259 e. The molecule has 0 aromatic rings. The van der Waals surface area contributed by atoms with E-state index in [1.807, 2.05) is 0 Å². The van der Waals surface area contributed by atoms with Crippen LogP contribution in [-0.4, -0.2) is 31.4 Å². The van der Waals surface area contributed by atoms with Gasteiger partial charge in [-0.2, -0.15) is 0 Å². The van der Waals surface area contributed by atoms with Crippen LogP contribution in [0.2, 0.25) is 0 Å². The number of hydrogen-bond donors (Lipinski definition) is 0. The molecule has 0 atom stereocenters. The average Bonchev–Trinajstić information content (AvgIpc) is 1.86. The lowest BCUT2D eigenvalue weighted by Crippen LogP contribution is -2.37. The second-order valence-corrected chi connectivity index (χ2v) is 4.27. The van der Waals surface area contributed by atoms with Gasteiger partial charge in [-0.25, -0.2) is 12.7 Å². The first-order valence-electron chi connectivity index (χ1n) is 3.20. The summed E-state index contributed by atoms with van der Waals surface area (Å²) < 4.78 is 22.6. The van der Waals surface area contributed by atoms with E-state index in [1.165, 1.54) is 6.08 Å². The zero-order chi connectivity index (χ0) is 8.48. The second kappa shape index (κ2) is 2.65. The minimum absolute atomic E-state index is 0.272. The maximum atomic E-state index is 10.9. The summed E-state index contributed by atoms with van der Waals surface area (Å²) in [5, 5.41) is 0. The highest BCUT2D eigenvalue weighted by Gasteiger charge is 2.22. The average molecular weight is 175 g/mol.